The van der Waals surface area contributed by atoms with Gasteiger partial charge in [0.25, 0.3) is 0 Å². The molecular weight excluding hydrogens is 199 g/mol. The maximum absolute atomic E-state index is 9.18. The molecule has 0 spiro atoms. The molecule has 14 heavy (non-hydrogen) atoms. The molecule has 3 nitrogen and oxygen atoms in total. The Labute approximate surface area is 88.8 Å². The van der Waals surface area contributed by atoms with Gasteiger partial charge in [-0.05, 0) is 25.2 Å². The van der Waals surface area contributed by atoms with Crippen LogP contribution in [-0.4, -0.2) is 18.1 Å². The van der Waals surface area contributed by atoms with Gasteiger partial charge in [0.1, 0.15) is 0 Å². The van der Waals surface area contributed by atoms with E-state index in [0.29, 0.717) is 0 Å². The highest BCUT2D eigenvalue weighted by Gasteiger charge is 2.22. The lowest BCUT2D eigenvalue weighted by atomic mass is 9.83. The van der Waals surface area contributed by atoms with Crippen LogP contribution in [0.25, 0.3) is 0 Å². The van der Waals surface area contributed by atoms with Gasteiger partial charge in [-0.25, -0.2) is 0 Å². The van der Waals surface area contributed by atoms with Gasteiger partial charge in [0, 0.05) is 7.11 Å². The van der Waals surface area contributed by atoms with Gasteiger partial charge < -0.3 is 13.9 Å². The van der Waals surface area contributed by atoms with Crippen LogP contribution in [0.3, 0.4) is 0 Å². The molecule has 0 amide bonds. The molecule has 0 heterocycles. The van der Waals surface area contributed by atoms with Crippen LogP contribution in [0.15, 0.2) is 0 Å². The van der Waals surface area contributed by atoms with Crippen molar-refractivity contribution in [2.75, 3.05) is 7.11 Å². The Morgan fingerprint density at radius 3 is 2.43 bits per heavy atom. The van der Waals surface area contributed by atoms with Crippen molar-refractivity contribution in [2.45, 2.75) is 53.1 Å². The minimum absolute atomic E-state index is 0.0487. The van der Waals surface area contributed by atoms with E-state index < -0.39 is 8.60 Å². The second kappa shape index (κ2) is 6.73. The standard InChI is InChI=1S/C10H23O3P/c1-6-7-10(3,4)8-9(2)13-14(11)12-5/h9,11H,6-8H2,1-5H3. The summed E-state index contributed by atoms with van der Waals surface area (Å²) in [5.41, 5.74) is 0.276. The Morgan fingerprint density at radius 2 is 2.00 bits per heavy atom. The average Bonchev–Trinajstić information content (AvgIpc) is 2.02. The van der Waals surface area contributed by atoms with Crippen molar-refractivity contribution in [3.05, 3.63) is 0 Å². The van der Waals surface area contributed by atoms with Crippen molar-refractivity contribution < 1.29 is 13.9 Å². The Bertz CT molecular complexity index is 150. The van der Waals surface area contributed by atoms with Crippen LogP contribution in [0.1, 0.15) is 47.0 Å². The number of hydrogen-bond donors (Lipinski definition) is 1. The number of rotatable bonds is 7. The first-order valence-electron chi connectivity index (χ1n) is 5.11. The highest BCUT2D eigenvalue weighted by molar-refractivity contribution is 7.40. The zero-order valence-corrected chi connectivity index (χ0v) is 10.8. The molecule has 2 unspecified atom stereocenters. The summed E-state index contributed by atoms with van der Waals surface area (Å²) < 4.78 is 9.97. The van der Waals surface area contributed by atoms with E-state index in [9.17, 15) is 4.89 Å². The van der Waals surface area contributed by atoms with E-state index in [2.05, 4.69) is 20.8 Å². The minimum Gasteiger partial charge on any atom is -0.328 e. The lowest BCUT2D eigenvalue weighted by molar-refractivity contribution is 0.120. The topological polar surface area (TPSA) is 38.7 Å². The fourth-order valence-electron chi connectivity index (χ4n) is 1.79. The summed E-state index contributed by atoms with van der Waals surface area (Å²) >= 11 is 0. The highest BCUT2D eigenvalue weighted by atomic mass is 31.2. The second-order valence-corrected chi connectivity index (χ2v) is 5.51. The van der Waals surface area contributed by atoms with Gasteiger partial charge in [-0.3, -0.25) is 0 Å². The van der Waals surface area contributed by atoms with Crippen molar-refractivity contribution in [3.63, 3.8) is 0 Å². The van der Waals surface area contributed by atoms with E-state index in [1.54, 1.807) is 0 Å². The lowest BCUT2D eigenvalue weighted by Gasteiger charge is -2.27. The quantitative estimate of drug-likeness (QED) is 0.670. The summed E-state index contributed by atoms with van der Waals surface area (Å²) in [6, 6.07) is 0. The maximum atomic E-state index is 9.18. The molecule has 0 aliphatic carbocycles. The fraction of sp³-hybridized carbons (Fsp3) is 1.00. The van der Waals surface area contributed by atoms with E-state index in [-0.39, 0.29) is 11.5 Å². The monoisotopic (exact) mass is 222 g/mol. The minimum atomic E-state index is -1.68. The van der Waals surface area contributed by atoms with Crippen LogP contribution in [0.4, 0.5) is 0 Å². The third-order valence-corrected chi connectivity index (χ3v) is 3.05. The summed E-state index contributed by atoms with van der Waals surface area (Å²) in [5.74, 6) is 0. The lowest BCUT2D eigenvalue weighted by Crippen LogP contribution is -2.19. The second-order valence-electron chi connectivity index (χ2n) is 4.45. The highest BCUT2D eigenvalue weighted by Crippen LogP contribution is 2.37. The molecule has 0 fully saturated rings. The van der Waals surface area contributed by atoms with Gasteiger partial charge in [0.05, 0.1) is 6.10 Å². The summed E-state index contributed by atoms with van der Waals surface area (Å²) in [6.07, 6.45) is 3.35. The fourth-order valence-corrected chi connectivity index (χ4v) is 2.26. The van der Waals surface area contributed by atoms with Crippen LogP contribution < -0.4 is 0 Å². The molecule has 0 saturated heterocycles. The van der Waals surface area contributed by atoms with Crippen molar-refractivity contribution in [2.24, 2.45) is 5.41 Å². The van der Waals surface area contributed by atoms with Crippen molar-refractivity contribution in [1.82, 2.24) is 0 Å². The largest absolute Gasteiger partial charge is 0.329 e. The first-order chi connectivity index (χ1) is 6.41. The average molecular weight is 222 g/mol. The molecule has 0 aromatic heterocycles. The smallest absolute Gasteiger partial charge is 0.328 e. The molecule has 0 aliphatic rings. The summed E-state index contributed by atoms with van der Waals surface area (Å²) in [5, 5.41) is 0. The van der Waals surface area contributed by atoms with E-state index in [1.807, 2.05) is 6.92 Å². The third kappa shape index (κ3) is 6.72. The van der Waals surface area contributed by atoms with E-state index in [1.165, 1.54) is 20.0 Å². The Hall–Kier alpha value is 0.310. The van der Waals surface area contributed by atoms with Crippen LogP contribution in [0, 0.1) is 5.41 Å². The molecule has 4 heteroatoms. The molecular formula is C10H23O3P. The van der Waals surface area contributed by atoms with Gasteiger partial charge in [-0.2, -0.15) is 0 Å². The van der Waals surface area contributed by atoms with Crippen LogP contribution in [-0.2, 0) is 9.05 Å². The normalized spacial score (nSPS) is 16.7. The van der Waals surface area contributed by atoms with Crippen LogP contribution >= 0.6 is 8.60 Å². The van der Waals surface area contributed by atoms with Gasteiger partial charge in [0.15, 0.2) is 0 Å². The van der Waals surface area contributed by atoms with E-state index in [0.717, 1.165) is 6.42 Å². The predicted octanol–water partition coefficient (Wildman–Crippen LogP) is 3.47. The molecule has 0 radical (unpaired) electrons. The molecule has 0 bridgehead atoms. The maximum Gasteiger partial charge on any atom is 0.329 e. The molecule has 0 aromatic carbocycles. The predicted molar refractivity (Wildman–Crippen MR) is 60.0 cm³/mol. The van der Waals surface area contributed by atoms with E-state index >= 15 is 0 Å². The molecule has 1 N–H and O–H groups in total. The van der Waals surface area contributed by atoms with Crippen LogP contribution in [0.5, 0.6) is 0 Å². The Morgan fingerprint density at radius 1 is 1.43 bits per heavy atom. The first-order valence-corrected chi connectivity index (χ1v) is 6.24. The summed E-state index contributed by atoms with van der Waals surface area (Å²) in [6.45, 7) is 8.61. The Balaban J connectivity index is 3.85. The van der Waals surface area contributed by atoms with E-state index in [4.69, 9.17) is 9.05 Å². The molecule has 86 valence electrons. The van der Waals surface area contributed by atoms with Crippen molar-refractivity contribution in [3.8, 4) is 0 Å². The van der Waals surface area contributed by atoms with Gasteiger partial charge in [-0.15, -0.1) is 0 Å². The van der Waals surface area contributed by atoms with Gasteiger partial charge >= 0.3 is 8.60 Å². The zero-order valence-electron chi connectivity index (χ0n) is 9.91. The Kier molecular flexibility index (Phi) is 6.88. The van der Waals surface area contributed by atoms with Crippen molar-refractivity contribution in [1.29, 1.82) is 0 Å². The summed E-state index contributed by atoms with van der Waals surface area (Å²) in [7, 11) is -0.226. The third-order valence-electron chi connectivity index (χ3n) is 2.19. The first kappa shape index (κ1) is 14.3. The molecule has 2 atom stereocenters. The number of hydrogen-bond acceptors (Lipinski definition) is 3. The van der Waals surface area contributed by atoms with Gasteiger partial charge in [0.2, 0.25) is 0 Å². The molecule has 0 rings (SSSR count). The SMILES string of the molecule is CCCC(C)(C)CC(C)OP(O)OC. The van der Waals surface area contributed by atoms with Crippen LogP contribution in [0.2, 0.25) is 0 Å². The van der Waals surface area contributed by atoms with Gasteiger partial charge in [-0.1, -0.05) is 27.2 Å². The van der Waals surface area contributed by atoms with Crippen molar-refractivity contribution >= 4 is 8.60 Å². The summed E-state index contributed by atoms with van der Waals surface area (Å²) in [4.78, 5) is 9.18. The molecule has 0 aromatic rings. The molecule has 0 aliphatic heterocycles. The zero-order chi connectivity index (χ0) is 11.2. The molecule has 0 saturated carbocycles.